The standard InChI is InChI=1S/C21H27F3N4O2/c1-13(2)4-9-18-26-27-19(28(18)15-6-7-15)10-11-20(29)25-16-8-5-14(21(22,23)24)12-17(16)30-3/h5,8,12-13,15H,4,6-7,9-11H2,1-3H3,(H,25,29). The Balaban J connectivity index is 1.64. The van der Waals surface area contributed by atoms with Crippen LogP contribution in [0.4, 0.5) is 18.9 Å². The van der Waals surface area contributed by atoms with Crippen LogP contribution in [-0.2, 0) is 23.8 Å². The lowest BCUT2D eigenvalue weighted by Gasteiger charge is -2.14. The molecule has 0 aliphatic heterocycles. The van der Waals surface area contributed by atoms with Crippen LogP contribution in [0.1, 0.15) is 62.8 Å². The molecule has 1 aromatic heterocycles. The fourth-order valence-corrected chi connectivity index (χ4v) is 3.28. The molecule has 0 saturated heterocycles. The van der Waals surface area contributed by atoms with Crippen LogP contribution in [0.2, 0.25) is 0 Å². The summed E-state index contributed by atoms with van der Waals surface area (Å²) in [6.07, 6.45) is 0.160. The molecule has 2 aromatic rings. The summed E-state index contributed by atoms with van der Waals surface area (Å²) in [4.78, 5) is 12.4. The van der Waals surface area contributed by atoms with Gasteiger partial charge in [-0.1, -0.05) is 13.8 Å². The number of aromatic nitrogens is 3. The van der Waals surface area contributed by atoms with Crippen molar-refractivity contribution in [3.8, 4) is 5.75 Å². The van der Waals surface area contributed by atoms with Crippen LogP contribution in [0.5, 0.6) is 5.75 Å². The molecular weight excluding hydrogens is 397 g/mol. The summed E-state index contributed by atoms with van der Waals surface area (Å²) in [6.45, 7) is 4.33. The summed E-state index contributed by atoms with van der Waals surface area (Å²) >= 11 is 0. The molecule has 1 aliphatic rings. The fraction of sp³-hybridized carbons (Fsp3) is 0.571. The number of amides is 1. The summed E-state index contributed by atoms with van der Waals surface area (Å²) in [7, 11) is 1.27. The Kier molecular flexibility index (Phi) is 6.67. The second-order valence-electron chi connectivity index (χ2n) is 8.03. The number of aryl methyl sites for hydroxylation is 2. The van der Waals surface area contributed by atoms with E-state index in [2.05, 4.69) is 33.9 Å². The van der Waals surface area contributed by atoms with Gasteiger partial charge in [0.05, 0.1) is 18.4 Å². The molecule has 3 rings (SSSR count). The van der Waals surface area contributed by atoms with Crippen LogP contribution >= 0.6 is 0 Å². The first-order valence-electron chi connectivity index (χ1n) is 10.2. The predicted molar refractivity (Wildman–Crippen MR) is 106 cm³/mol. The van der Waals surface area contributed by atoms with Gasteiger partial charge in [0.25, 0.3) is 0 Å². The number of nitrogens with zero attached hydrogens (tertiary/aromatic N) is 3. The van der Waals surface area contributed by atoms with Crippen molar-refractivity contribution < 1.29 is 22.7 Å². The number of ether oxygens (including phenoxy) is 1. The number of carbonyl (C=O) groups excluding carboxylic acids is 1. The highest BCUT2D eigenvalue weighted by molar-refractivity contribution is 5.92. The minimum Gasteiger partial charge on any atom is -0.495 e. The van der Waals surface area contributed by atoms with Crippen molar-refractivity contribution in [3.63, 3.8) is 0 Å². The highest BCUT2D eigenvalue weighted by Crippen LogP contribution is 2.37. The molecule has 164 valence electrons. The average Bonchev–Trinajstić information content (AvgIpc) is 3.44. The molecule has 0 atom stereocenters. The Morgan fingerprint density at radius 2 is 1.90 bits per heavy atom. The average molecular weight is 424 g/mol. The lowest BCUT2D eigenvalue weighted by molar-refractivity contribution is -0.137. The number of rotatable bonds is 9. The first kappa shape index (κ1) is 22.1. The van der Waals surface area contributed by atoms with Gasteiger partial charge in [0.1, 0.15) is 17.4 Å². The van der Waals surface area contributed by atoms with Crippen molar-refractivity contribution in [2.24, 2.45) is 5.92 Å². The van der Waals surface area contributed by atoms with E-state index in [0.717, 1.165) is 49.5 Å². The maximum absolute atomic E-state index is 12.9. The number of nitrogens with one attached hydrogen (secondary N) is 1. The minimum atomic E-state index is -4.48. The maximum Gasteiger partial charge on any atom is 0.416 e. The zero-order valence-corrected chi connectivity index (χ0v) is 17.4. The van der Waals surface area contributed by atoms with E-state index in [1.165, 1.54) is 13.2 Å². The molecule has 6 nitrogen and oxygen atoms in total. The maximum atomic E-state index is 12.9. The Morgan fingerprint density at radius 1 is 1.23 bits per heavy atom. The third kappa shape index (κ3) is 5.52. The number of carbonyl (C=O) groups is 1. The molecule has 1 heterocycles. The summed E-state index contributed by atoms with van der Waals surface area (Å²) in [5.41, 5.74) is -0.624. The molecule has 0 spiro atoms. The highest BCUT2D eigenvalue weighted by atomic mass is 19.4. The minimum absolute atomic E-state index is 0.0321. The van der Waals surface area contributed by atoms with E-state index < -0.39 is 11.7 Å². The molecule has 0 unspecified atom stereocenters. The molecular formula is C21H27F3N4O2. The molecule has 9 heteroatoms. The van der Waals surface area contributed by atoms with E-state index in [-0.39, 0.29) is 23.8 Å². The topological polar surface area (TPSA) is 69.0 Å². The van der Waals surface area contributed by atoms with Gasteiger partial charge in [-0.3, -0.25) is 4.79 Å². The smallest absolute Gasteiger partial charge is 0.416 e. The van der Waals surface area contributed by atoms with Gasteiger partial charge in [-0.2, -0.15) is 13.2 Å². The zero-order valence-electron chi connectivity index (χ0n) is 17.4. The van der Waals surface area contributed by atoms with Crippen molar-refractivity contribution in [1.29, 1.82) is 0 Å². The van der Waals surface area contributed by atoms with Gasteiger partial charge in [-0.15, -0.1) is 10.2 Å². The summed E-state index contributed by atoms with van der Waals surface area (Å²) in [6, 6.07) is 3.41. The van der Waals surface area contributed by atoms with E-state index in [1.54, 1.807) is 0 Å². The van der Waals surface area contributed by atoms with Gasteiger partial charge in [0.15, 0.2) is 0 Å². The molecule has 1 N–H and O–H groups in total. The number of anilines is 1. The fourth-order valence-electron chi connectivity index (χ4n) is 3.28. The second kappa shape index (κ2) is 9.06. The highest BCUT2D eigenvalue weighted by Gasteiger charge is 2.32. The Labute approximate surface area is 173 Å². The zero-order chi connectivity index (χ0) is 21.9. The van der Waals surface area contributed by atoms with E-state index >= 15 is 0 Å². The van der Waals surface area contributed by atoms with Crippen molar-refractivity contribution in [2.45, 2.75) is 64.6 Å². The van der Waals surface area contributed by atoms with Crippen molar-refractivity contribution in [1.82, 2.24) is 14.8 Å². The largest absolute Gasteiger partial charge is 0.495 e. The second-order valence-corrected chi connectivity index (χ2v) is 8.03. The summed E-state index contributed by atoms with van der Waals surface area (Å²) in [5.74, 6) is 1.97. The first-order chi connectivity index (χ1) is 14.2. The van der Waals surface area contributed by atoms with Crippen LogP contribution in [0, 0.1) is 5.92 Å². The van der Waals surface area contributed by atoms with Crippen LogP contribution in [0.3, 0.4) is 0 Å². The van der Waals surface area contributed by atoms with Gasteiger partial charge >= 0.3 is 6.18 Å². The van der Waals surface area contributed by atoms with Crippen molar-refractivity contribution >= 4 is 11.6 Å². The van der Waals surface area contributed by atoms with Gasteiger partial charge in [0.2, 0.25) is 5.91 Å². The van der Waals surface area contributed by atoms with Crippen LogP contribution in [0.15, 0.2) is 18.2 Å². The van der Waals surface area contributed by atoms with Crippen LogP contribution < -0.4 is 10.1 Å². The van der Waals surface area contributed by atoms with E-state index in [4.69, 9.17) is 4.74 Å². The third-order valence-corrected chi connectivity index (χ3v) is 5.07. The van der Waals surface area contributed by atoms with Gasteiger partial charge in [-0.25, -0.2) is 0 Å². The number of benzene rings is 1. The van der Waals surface area contributed by atoms with Gasteiger partial charge in [0, 0.05) is 25.3 Å². The van der Waals surface area contributed by atoms with E-state index in [1.807, 2.05) is 0 Å². The predicted octanol–water partition coefficient (Wildman–Crippen LogP) is 4.80. The molecule has 0 bridgehead atoms. The lowest BCUT2D eigenvalue weighted by Crippen LogP contribution is -2.15. The molecule has 0 radical (unpaired) electrons. The van der Waals surface area contributed by atoms with E-state index in [0.29, 0.717) is 18.4 Å². The molecule has 1 amide bonds. The normalized spacial score (nSPS) is 14.2. The van der Waals surface area contributed by atoms with Gasteiger partial charge in [-0.05, 0) is 43.4 Å². The molecule has 1 aromatic carbocycles. The van der Waals surface area contributed by atoms with Crippen LogP contribution in [-0.4, -0.2) is 27.8 Å². The third-order valence-electron chi connectivity index (χ3n) is 5.07. The van der Waals surface area contributed by atoms with Crippen molar-refractivity contribution in [3.05, 3.63) is 35.4 Å². The number of hydrogen-bond acceptors (Lipinski definition) is 4. The Hall–Kier alpha value is -2.58. The number of methoxy groups -OCH3 is 1. The monoisotopic (exact) mass is 424 g/mol. The number of halogens is 3. The molecule has 1 aliphatic carbocycles. The van der Waals surface area contributed by atoms with Crippen molar-refractivity contribution in [2.75, 3.05) is 12.4 Å². The lowest BCUT2D eigenvalue weighted by atomic mass is 10.1. The molecule has 1 saturated carbocycles. The quantitative estimate of drug-likeness (QED) is 0.628. The van der Waals surface area contributed by atoms with E-state index in [9.17, 15) is 18.0 Å². The number of alkyl halides is 3. The van der Waals surface area contributed by atoms with Gasteiger partial charge < -0.3 is 14.6 Å². The number of hydrogen-bond donors (Lipinski definition) is 1. The summed E-state index contributed by atoms with van der Waals surface area (Å²) in [5, 5.41) is 11.2. The molecule has 30 heavy (non-hydrogen) atoms. The SMILES string of the molecule is COc1cc(C(F)(F)F)ccc1NC(=O)CCc1nnc(CCC(C)C)n1C1CC1. The first-order valence-corrected chi connectivity index (χ1v) is 10.2. The van der Waals surface area contributed by atoms with Crippen LogP contribution in [0.25, 0.3) is 0 Å². The Morgan fingerprint density at radius 3 is 2.47 bits per heavy atom. The summed E-state index contributed by atoms with van der Waals surface area (Å²) < 4.78 is 45.7. The Bertz CT molecular complexity index is 889. The molecule has 1 fully saturated rings.